The van der Waals surface area contributed by atoms with Crippen LogP contribution in [0.3, 0.4) is 0 Å². The van der Waals surface area contributed by atoms with Crippen LogP contribution in [0.1, 0.15) is 16.7 Å². The van der Waals surface area contributed by atoms with E-state index in [-0.39, 0.29) is 28.2 Å². The number of nitrogens with zero attached hydrogens (tertiary/aromatic N) is 3. The zero-order valence-electron chi connectivity index (χ0n) is 13.1. The number of hydrogen-bond acceptors (Lipinski definition) is 8. The summed E-state index contributed by atoms with van der Waals surface area (Å²) < 4.78 is 0. The number of nitrogens with one attached hydrogen (secondary N) is 2. The number of H-pyrrole nitrogens is 2. The van der Waals surface area contributed by atoms with Gasteiger partial charge in [-0.2, -0.15) is 5.26 Å². The molecule has 2 aromatic rings. The van der Waals surface area contributed by atoms with Crippen LogP contribution in [-0.2, 0) is 4.79 Å². The van der Waals surface area contributed by atoms with Crippen LogP contribution < -0.4 is 17.0 Å². The van der Waals surface area contributed by atoms with Crippen molar-refractivity contribution in [3.05, 3.63) is 71.4 Å². The summed E-state index contributed by atoms with van der Waals surface area (Å²) in [6, 6.07) is 4.99. The lowest BCUT2D eigenvalue weighted by Crippen LogP contribution is -2.27. The first kappa shape index (κ1) is 17.3. The number of benzene rings is 1. The van der Waals surface area contributed by atoms with Gasteiger partial charge in [-0.3, -0.25) is 29.7 Å². The molecule has 1 aliphatic rings. The number of hydrogen-bond donors (Lipinski definition) is 4. The summed E-state index contributed by atoms with van der Waals surface area (Å²) in [7, 11) is 0. The molecule has 0 atom stereocenters. The van der Waals surface area contributed by atoms with Crippen LogP contribution in [0.15, 0.2) is 38.4 Å². The summed E-state index contributed by atoms with van der Waals surface area (Å²) in [6.07, 6.45) is 0. The summed E-state index contributed by atoms with van der Waals surface area (Å²) in [6.45, 7) is 0. The van der Waals surface area contributed by atoms with Crippen molar-refractivity contribution in [3.63, 3.8) is 0 Å². The van der Waals surface area contributed by atoms with Crippen molar-refractivity contribution in [3.8, 4) is 11.9 Å². The van der Waals surface area contributed by atoms with E-state index in [0.29, 0.717) is 0 Å². The summed E-state index contributed by atoms with van der Waals surface area (Å²) in [4.78, 5) is 53.2. The number of aliphatic imine (C=N–C) groups is 1. The standard InChI is InChI=1S/C15H8N6O6/c16-4-8(12(17)22)10-6-2-1-5(21(26)27)3-7(6)11(18-10)9-13(23)19-15(25)20-14(9)24/h1-3H,(H2,17,22)(H3,19,20,23,24,25)/b10-8-. The lowest BCUT2D eigenvalue weighted by molar-refractivity contribution is -0.384. The molecule has 0 unspecified atom stereocenters. The van der Waals surface area contributed by atoms with Crippen LogP contribution >= 0.6 is 0 Å². The second kappa shape index (κ2) is 6.08. The molecule has 1 amide bonds. The van der Waals surface area contributed by atoms with Gasteiger partial charge < -0.3 is 10.8 Å². The number of carbonyl (C=O) groups is 1. The number of aromatic hydroxyl groups is 1. The van der Waals surface area contributed by atoms with Gasteiger partial charge in [0, 0.05) is 23.3 Å². The molecule has 5 N–H and O–H groups in total. The van der Waals surface area contributed by atoms with Gasteiger partial charge in [-0.1, -0.05) is 0 Å². The van der Waals surface area contributed by atoms with Gasteiger partial charge in [-0.15, -0.1) is 0 Å². The molecule has 1 aromatic carbocycles. The third kappa shape index (κ3) is 2.74. The average molecular weight is 368 g/mol. The van der Waals surface area contributed by atoms with Crippen molar-refractivity contribution in [1.82, 2.24) is 9.97 Å². The highest BCUT2D eigenvalue weighted by Crippen LogP contribution is 2.35. The van der Waals surface area contributed by atoms with Gasteiger partial charge in [-0.05, 0) is 6.07 Å². The Morgan fingerprint density at radius 2 is 2.00 bits per heavy atom. The van der Waals surface area contributed by atoms with Crippen molar-refractivity contribution in [2.75, 3.05) is 0 Å². The third-order valence-corrected chi connectivity index (χ3v) is 3.70. The molecule has 1 aliphatic heterocycles. The van der Waals surface area contributed by atoms with Crippen LogP contribution in [-0.4, -0.2) is 31.6 Å². The number of nitrogens with two attached hydrogens (primary N) is 1. The second-order valence-electron chi connectivity index (χ2n) is 5.28. The molecule has 0 bridgehead atoms. The third-order valence-electron chi connectivity index (χ3n) is 3.70. The molecule has 12 nitrogen and oxygen atoms in total. The number of carbonyl (C=O) groups excluding carboxylic acids is 1. The van der Waals surface area contributed by atoms with Gasteiger partial charge in [0.2, 0.25) is 5.88 Å². The highest BCUT2D eigenvalue weighted by molar-refractivity contribution is 6.23. The molecular formula is C15H8N6O6. The van der Waals surface area contributed by atoms with E-state index < -0.39 is 39.1 Å². The molecule has 0 saturated carbocycles. The minimum Gasteiger partial charge on any atom is -0.494 e. The Morgan fingerprint density at radius 3 is 2.56 bits per heavy atom. The van der Waals surface area contributed by atoms with Crippen LogP contribution in [0.5, 0.6) is 5.88 Å². The fraction of sp³-hybridized carbons (Fsp3) is 0. The summed E-state index contributed by atoms with van der Waals surface area (Å²) in [5.74, 6) is -1.93. The van der Waals surface area contributed by atoms with Crippen molar-refractivity contribution in [2.24, 2.45) is 10.7 Å². The smallest absolute Gasteiger partial charge is 0.328 e. The van der Waals surface area contributed by atoms with Gasteiger partial charge in [0.05, 0.1) is 16.3 Å². The van der Waals surface area contributed by atoms with Crippen LogP contribution in [0.2, 0.25) is 0 Å². The minimum absolute atomic E-state index is 0.000971. The van der Waals surface area contributed by atoms with E-state index in [9.17, 15) is 34.9 Å². The molecule has 134 valence electrons. The lowest BCUT2D eigenvalue weighted by atomic mass is 9.98. The molecule has 0 saturated heterocycles. The van der Waals surface area contributed by atoms with Gasteiger partial charge in [0.15, 0.2) is 0 Å². The van der Waals surface area contributed by atoms with Gasteiger partial charge in [0.1, 0.15) is 17.2 Å². The van der Waals surface area contributed by atoms with E-state index in [1.54, 1.807) is 6.07 Å². The van der Waals surface area contributed by atoms with Gasteiger partial charge in [0.25, 0.3) is 17.2 Å². The monoisotopic (exact) mass is 368 g/mol. The minimum atomic E-state index is -1.10. The Labute approximate surface area is 148 Å². The fourth-order valence-corrected chi connectivity index (χ4v) is 2.58. The quantitative estimate of drug-likeness (QED) is 0.235. The Kier molecular flexibility index (Phi) is 3.89. The van der Waals surface area contributed by atoms with E-state index in [1.807, 2.05) is 9.97 Å². The number of primary amides is 1. The SMILES string of the molecule is N#C/C(C(N)=O)=C1/N=C(c2c(O)[nH]c(=O)[nH]c2=O)c2cc([N+](=O)[O-])ccc21. The number of fused-ring (bicyclic) bond motifs is 1. The fourth-order valence-electron chi connectivity index (χ4n) is 2.58. The number of nitro benzene ring substituents is 1. The molecule has 2 heterocycles. The number of nitriles is 1. The van der Waals surface area contributed by atoms with E-state index >= 15 is 0 Å². The van der Waals surface area contributed by atoms with E-state index in [0.717, 1.165) is 12.1 Å². The molecule has 0 aliphatic carbocycles. The van der Waals surface area contributed by atoms with E-state index in [2.05, 4.69) is 4.99 Å². The molecule has 1 aromatic heterocycles. The molecule has 0 spiro atoms. The maximum Gasteiger partial charge on any atom is 0.328 e. The largest absolute Gasteiger partial charge is 0.494 e. The molecule has 3 rings (SSSR count). The number of nitro groups is 1. The average Bonchev–Trinajstić information content (AvgIpc) is 2.93. The highest BCUT2D eigenvalue weighted by Gasteiger charge is 2.31. The zero-order valence-corrected chi connectivity index (χ0v) is 13.1. The van der Waals surface area contributed by atoms with Crippen molar-refractivity contribution in [2.45, 2.75) is 0 Å². The number of aromatic nitrogens is 2. The first-order valence-electron chi connectivity index (χ1n) is 7.12. The van der Waals surface area contributed by atoms with E-state index in [4.69, 9.17) is 5.73 Å². The predicted molar refractivity (Wildman–Crippen MR) is 89.8 cm³/mol. The normalized spacial score (nSPS) is 14.1. The zero-order chi connectivity index (χ0) is 19.9. The first-order chi connectivity index (χ1) is 12.7. The molecule has 27 heavy (non-hydrogen) atoms. The van der Waals surface area contributed by atoms with Crippen molar-refractivity contribution >= 4 is 23.0 Å². The molecular weight excluding hydrogens is 360 g/mol. The number of non-ortho nitro benzene ring substituents is 1. The Hall–Kier alpha value is -4.53. The topological polar surface area (TPSA) is 208 Å². The number of amides is 1. The van der Waals surface area contributed by atoms with Crippen molar-refractivity contribution < 1.29 is 14.8 Å². The summed E-state index contributed by atoms with van der Waals surface area (Å²) >= 11 is 0. The summed E-state index contributed by atoms with van der Waals surface area (Å²) in [5, 5.41) is 30.2. The van der Waals surface area contributed by atoms with Gasteiger partial charge in [-0.25, -0.2) is 9.79 Å². The van der Waals surface area contributed by atoms with Crippen molar-refractivity contribution in [1.29, 1.82) is 5.26 Å². The number of rotatable bonds is 3. The number of aromatic amines is 2. The molecule has 12 heteroatoms. The maximum atomic E-state index is 12.1. The van der Waals surface area contributed by atoms with Crippen LogP contribution in [0.4, 0.5) is 5.69 Å². The predicted octanol–water partition coefficient (Wildman–Crippen LogP) is -0.752. The van der Waals surface area contributed by atoms with Gasteiger partial charge >= 0.3 is 5.69 Å². The Bertz CT molecular complexity index is 1240. The highest BCUT2D eigenvalue weighted by atomic mass is 16.6. The molecule has 0 radical (unpaired) electrons. The summed E-state index contributed by atoms with van der Waals surface area (Å²) in [5.41, 5.74) is 1.41. The lowest BCUT2D eigenvalue weighted by Gasteiger charge is -2.04. The Morgan fingerprint density at radius 1 is 1.30 bits per heavy atom. The van der Waals surface area contributed by atoms with Crippen LogP contribution in [0, 0.1) is 21.4 Å². The van der Waals surface area contributed by atoms with E-state index in [1.165, 1.54) is 6.07 Å². The Balaban J connectivity index is 2.43. The molecule has 0 fully saturated rings. The second-order valence-corrected chi connectivity index (χ2v) is 5.28. The maximum absolute atomic E-state index is 12.1. The van der Waals surface area contributed by atoms with Crippen LogP contribution in [0.25, 0.3) is 5.70 Å². The first-order valence-corrected chi connectivity index (χ1v) is 7.12.